The number of allylic oxidation sites excluding steroid dienone is 3. The number of rotatable bonds is 2. The summed E-state index contributed by atoms with van der Waals surface area (Å²) in [6, 6.07) is 3.75. The molecule has 126 valence electrons. The van der Waals surface area contributed by atoms with Crippen molar-refractivity contribution in [3.05, 3.63) is 52.8 Å². The van der Waals surface area contributed by atoms with Gasteiger partial charge in [0.15, 0.2) is 6.29 Å². The Hall–Kier alpha value is -2.03. The van der Waals surface area contributed by atoms with E-state index < -0.39 is 0 Å². The Morgan fingerprint density at radius 2 is 1.92 bits per heavy atom. The van der Waals surface area contributed by atoms with Gasteiger partial charge in [-0.3, -0.25) is 4.79 Å². The first kappa shape index (κ1) is 15.5. The maximum absolute atomic E-state index is 11.2. The highest BCUT2D eigenvalue weighted by molar-refractivity contribution is 5.80. The van der Waals surface area contributed by atoms with Gasteiger partial charge < -0.3 is 10.2 Å². The number of hydrogen-bond acceptors (Lipinski definition) is 3. The molecular weight excluding hydrogens is 300 g/mol. The van der Waals surface area contributed by atoms with Gasteiger partial charge >= 0.3 is 0 Å². The van der Waals surface area contributed by atoms with Crippen LogP contribution in [0.3, 0.4) is 0 Å². The van der Waals surface area contributed by atoms with E-state index in [1.165, 1.54) is 36.8 Å². The monoisotopic (exact) mass is 324 g/mol. The zero-order chi connectivity index (χ0) is 16.7. The highest BCUT2D eigenvalue weighted by Gasteiger charge is 2.41. The summed E-state index contributed by atoms with van der Waals surface area (Å²) >= 11 is 0. The SMILES string of the molecule is O=Cc1cc2c(cc1O)[C@@H]1CCCC[C@@H]1[C@H](C1C=CC(O)=CC1)C2. The van der Waals surface area contributed by atoms with Crippen LogP contribution in [-0.2, 0) is 6.42 Å². The lowest BCUT2D eigenvalue weighted by atomic mass is 9.59. The number of benzene rings is 1. The molecule has 24 heavy (non-hydrogen) atoms. The molecule has 0 aromatic heterocycles. The van der Waals surface area contributed by atoms with Crippen LogP contribution in [0.25, 0.3) is 0 Å². The first-order valence-corrected chi connectivity index (χ1v) is 9.05. The second-order valence-corrected chi connectivity index (χ2v) is 7.54. The molecule has 3 heteroatoms. The first-order valence-electron chi connectivity index (χ1n) is 9.05. The maximum Gasteiger partial charge on any atom is 0.153 e. The van der Waals surface area contributed by atoms with Gasteiger partial charge in [0.25, 0.3) is 0 Å². The number of aliphatic hydroxyl groups excluding tert-OH is 1. The second-order valence-electron chi connectivity index (χ2n) is 7.54. The van der Waals surface area contributed by atoms with Gasteiger partial charge in [0, 0.05) is 0 Å². The maximum atomic E-state index is 11.2. The van der Waals surface area contributed by atoms with Gasteiger partial charge in [0.1, 0.15) is 11.5 Å². The van der Waals surface area contributed by atoms with Crippen LogP contribution in [0.4, 0.5) is 0 Å². The minimum atomic E-state index is 0.122. The van der Waals surface area contributed by atoms with E-state index in [9.17, 15) is 15.0 Å². The summed E-state index contributed by atoms with van der Waals surface area (Å²) in [5, 5.41) is 19.7. The zero-order valence-electron chi connectivity index (χ0n) is 13.8. The summed E-state index contributed by atoms with van der Waals surface area (Å²) in [6.45, 7) is 0. The Morgan fingerprint density at radius 3 is 2.67 bits per heavy atom. The molecule has 0 heterocycles. The summed E-state index contributed by atoms with van der Waals surface area (Å²) in [5.41, 5.74) is 2.89. The fourth-order valence-corrected chi connectivity index (χ4v) is 5.16. The molecule has 0 spiro atoms. The van der Waals surface area contributed by atoms with Gasteiger partial charge in [-0.1, -0.05) is 18.9 Å². The van der Waals surface area contributed by atoms with Gasteiger partial charge in [-0.2, -0.15) is 0 Å². The minimum absolute atomic E-state index is 0.122. The lowest BCUT2D eigenvalue weighted by Gasteiger charge is -2.45. The zero-order valence-corrected chi connectivity index (χ0v) is 13.8. The van der Waals surface area contributed by atoms with E-state index in [1.54, 1.807) is 0 Å². The van der Waals surface area contributed by atoms with Crippen LogP contribution in [0.2, 0.25) is 0 Å². The molecule has 4 atom stereocenters. The van der Waals surface area contributed by atoms with Crippen LogP contribution in [-0.4, -0.2) is 16.5 Å². The van der Waals surface area contributed by atoms with Gasteiger partial charge in [-0.15, -0.1) is 0 Å². The van der Waals surface area contributed by atoms with E-state index in [0.29, 0.717) is 35.0 Å². The van der Waals surface area contributed by atoms with Crippen molar-refractivity contribution in [3.8, 4) is 5.75 Å². The van der Waals surface area contributed by atoms with Crippen molar-refractivity contribution in [2.75, 3.05) is 0 Å². The summed E-state index contributed by atoms with van der Waals surface area (Å²) in [5.74, 6) is 2.62. The van der Waals surface area contributed by atoms with Crippen molar-refractivity contribution in [2.45, 2.75) is 44.4 Å². The van der Waals surface area contributed by atoms with Crippen molar-refractivity contribution in [3.63, 3.8) is 0 Å². The number of carbonyl (C=O) groups excluding carboxylic acids is 1. The molecule has 0 radical (unpaired) electrons. The standard InChI is InChI=1S/C21H24O3/c22-12-15-9-14-10-19(13-5-7-16(23)8-6-13)17-3-1-2-4-18(17)20(14)11-21(15)24/h5,7-9,11-13,17-19,23-24H,1-4,6,10H2/t13?,17-,18+,19-/m0/s1. The van der Waals surface area contributed by atoms with Crippen molar-refractivity contribution in [1.29, 1.82) is 0 Å². The number of carbonyl (C=O) groups is 1. The van der Waals surface area contributed by atoms with E-state index >= 15 is 0 Å². The molecule has 0 saturated heterocycles. The summed E-state index contributed by atoms with van der Waals surface area (Å²) in [4.78, 5) is 11.2. The van der Waals surface area contributed by atoms with E-state index in [4.69, 9.17) is 0 Å². The number of aromatic hydroxyl groups is 1. The Labute approximate surface area is 142 Å². The molecule has 0 aliphatic heterocycles. The predicted molar refractivity (Wildman–Crippen MR) is 93.3 cm³/mol. The third-order valence-corrected chi connectivity index (χ3v) is 6.30. The first-order chi connectivity index (χ1) is 11.7. The lowest BCUT2D eigenvalue weighted by Crippen LogP contribution is -2.36. The van der Waals surface area contributed by atoms with E-state index in [1.807, 2.05) is 24.3 Å². The van der Waals surface area contributed by atoms with E-state index in [0.717, 1.165) is 19.1 Å². The minimum Gasteiger partial charge on any atom is -0.508 e. The van der Waals surface area contributed by atoms with Gasteiger partial charge in [-0.25, -0.2) is 0 Å². The summed E-state index contributed by atoms with van der Waals surface area (Å²) in [6.07, 6.45) is 13.5. The number of fused-ring (bicyclic) bond motifs is 3. The van der Waals surface area contributed by atoms with Crippen molar-refractivity contribution < 1.29 is 15.0 Å². The van der Waals surface area contributed by atoms with Crippen LogP contribution in [0.15, 0.2) is 36.1 Å². The molecule has 1 aromatic rings. The highest BCUT2D eigenvalue weighted by atomic mass is 16.3. The average Bonchev–Trinajstić information content (AvgIpc) is 2.61. The van der Waals surface area contributed by atoms with E-state index in [2.05, 4.69) is 6.08 Å². The molecule has 3 aliphatic carbocycles. The average molecular weight is 324 g/mol. The predicted octanol–water partition coefficient (Wildman–Crippen LogP) is 4.67. The molecule has 1 unspecified atom stereocenters. The summed E-state index contributed by atoms with van der Waals surface area (Å²) in [7, 11) is 0. The van der Waals surface area contributed by atoms with Crippen LogP contribution < -0.4 is 0 Å². The van der Waals surface area contributed by atoms with Crippen LogP contribution in [0.1, 0.15) is 59.5 Å². The fourth-order valence-electron chi connectivity index (χ4n) is 5.16. The number of aliphatic hydroxyl groups is 1. The number of hydrogen-bond donors (Lipinski definition) is 2. The molecule has 3 nitrogen and oxygen atoms in total. The Balaban J connectivity index is 1.73. The second kappa shape index (κ2) is 6.12. The van der Waals surface area contributed by atoms with Gasteiger partial charge in [-0.05, 0) is 84.8 Å². The number of phenolic OH excluding ortho intramolecular Hbond substituents is 1. The van der Waals surface area contributed by atoms with Crippen LogP contribution >= 0.6 is 0 Å². The molecule has 4 rings (SSSR count). The molecule has 2 N–H and O–H groups in total. The Morgan fingerprint density at radius 1 is 1.08 bits per heavy atom. The largest absolute Gasteiger partial charge is 0.508 e. The molecule has 0 bridgehead atoms. The Bertz CT molecular complexity index is 716. The highest BCUT2D eigenvalue weighted by Crippen LogP contribution is 2.51. The molecule has 1 saturated carbocycles. The third-order valence-electron chi connectivity index (χ3n) is 6.30. The topological polar surface area (TPSA) is 57.5 Å². The van der Waals surface area contributed by atoms with Crippen LogP contribution in [0, 0.1) is 17.8 Å². The van der Waals surface area contributed by atoms with Crippen LogP contribution in [0.5, 0.6) is 5.75 Å². The molecule has 1 aromatic carbocycles. The molecule has 0 amide bonds. The fraction of sp³-hybridized carbons (Fsp3) is 0.476. The van der Waals surface area contributed by atoms with E-state index in [-0.39, 0.29) is 5.75 Å². The summed E-state index contributed by atoms with van der Waals surface area (Å²) < 4.78 is 0. The van der Waals surface area contributed by atoms with Crippen molar-refractivity contribution in [2.24, 2.45) is 17.8 Å². The normalized spacial score (nSPS) is 31.8. The molecule has 1 fully saturated rings. The Kier molecular flexibility index (Phi) is 3.95. The third kappa shape index (κ3) is 2.56. The van der Waals surface area contributed by atoms with Crippen molar-refractivity contribution in [1.82, 2.24) is 0 Å². The van der Waals surface area contributed by atoms with Gasteiger partial charge in [0.2, 0.25) is 0 Å². The lowest BCUT2D eigenvalue weighted by molar-refractivity contribution is 0.112. The molecular formula is C21H24O3. The quantitative estimate of drug-likeness (QED) is 0.777. The number of aldehydes is 1. The van der Waals surface area contributed by atoms with Gasteiger partial charge in [0.05, 0.1) is 5.56 Å². The molecule has 3 aliphatic rings. The number of phenols is 1. The van der Waals surface area contributed by atoms with Crippen molar-refractivity contribution >= 4 is 6.29 Å². The smallest absolute Gasteiger partial charge is 0.153 e.